The molecule has 1 fully saturated rings. The summed E-state index contributed by atoms with van der Waals surface area (Å²) in [7, 11) is 1.57. The van der Waals surface area contributed by atoms with Crippen LogP contribution >= 0.6 is 0 Å². The van der Waals surface area contributed by atoms with Gasteiger partial charge in [0.15, 0.2) is 0 Å². The second-order valence-electron chi connectivity index (χ2n) is 9.67. The van der Waals surface area contributed by atoms with E-state index in [-0.39, 0.29) is 18.2 Å². The van der Waals surface area contributed by atoms with Crippen LogP contribution in [0, 0.1) is 5.92 Å². The molecule has 0 spiro atoms. The van der Waals surface area contributed by atoms with Gasteiger partial charge in [0.25, 0.3) is 0 Å². The predicted molar refractivity (Wildman–Crippen MR) is 134 cm³/mol. The van der Waals surface area contributed by atoms with E-state index in [0.29, 0.717) is 24.6 Å². The number of pyridine rings is 2. The number of carbonyl (C=O) groups is 2. The van der Waals surface area contributed by atoms with E-state index in [1.165, 1.54) is 5.56 Å². The molecule has 8 heteroatoms. The number of hydrogen-bond donors (Lipinski definition) is 2. The number of anilines is 1. The van der Waals surface area contributed by atoms with Gasteiger partial charge >= 0.3 is 5.97 Å². The number of hydrogen-bond acceptors (Lipinski definition) is 6. The van der Waals surface area contributed by atoms with E-state index in [2.05, 4.69) is 22.4 Å². The molecule has 0 aromatic carbocycles. The van der Waals surface area contributed by atoms with Crippen molar-refractivity contribution in [1.29, 1.82) is 0 Å². The first kappa shape index (κ1) is 24.9. The maximum absolute atomic E-state index is 12.8. The van der Waals surface area contributed by atoms with Crippen molar-refractivity contribution < 1.29 is 19.4 Å². The van der Waals surface area contributed by atoms with Crippen molar-refractivity contribution in [2.45, 2.75) is 63.7 Å². The van der Waals surface area contributed by atoms with Crippen LogP contribution < -0.4 is 10.1 Å². The molecule has 1 atom stereocenters. The topological polar surface area (TPSA) is 105 Å². The van der Waals surface area contributed by atoms with Gasteiger partial charge in [-0.25, -0.2) is 9.97 Å². The molecule has 0 saturated carbocycles. The van der Waals surface area contributed by atoms with Gasteiger partial charge in [0.1, 0.15) is 5.82 Å². The van der Waals surface area contributed by atoms with Crippen LogP contribution in [0.25, 0.3) is 0 Å². The number of fused-ring (bicyclic) bond motifs is 1. The van der Waals surface area contributed by atoms with Crippen molar-refractivity contribution in [2.75, 3.05) is 32.1 Å². The van der Waals surface area contributed by atoms with Gasteiger partial charge in [-0.15, -0.1) is 0 Å². The van der Waals surface area contributed by atoms with Crippen LogP contribution in [0.5, 0.6) is 5.88 Å². The van der Waals surface area contributed by atoms with Gasteiger partial charge in [-0.3, -0.25) is 9.59 Å². The van der Waals surface area contributed by atoms with Crippen LogP contribution in [-0.2, 0) is 22.4 Å². The van der Waals surface area contributed by atoms with Crippen molar-refractivity contribution in [1.82, 2.24) is 14.9 Å². The number of carbonyl (C=O) groups excluding carboxylic acids is 1. The monoisotopic (exact) mass is 480 g/mol. The summed E-state index contributed by atoms with van der Waals surface area (Å²) in [5, 5.41) is 12.7. The molecule has 1 amide bonds. The molecule has 2 aromatic heterocycles. The van der Waals surface area contributed by atoms with Crippen LogP contribution in [0.2, 0.25) is 0 Å². The summed E-state index contributed by atoms with van der Waals surface area (Å²) < 4.78 is 5.11. The fourth-order valence-corrected chi connectivity index (χ4v) is 5.16. The smallest absolute Gasteiger partial charge is 0.303 e. The van der Waals surface area contributed by atoms with Crippen LogP contribution in [-0.4, -0.2) is 58.6 Å². The SMILES string of the molecule is COc1ccc([C@@H](CCC2CCN(C(=O)CCc3ccc4c(n3)NCCC4)CC2)CC(=O)O)cn1. The summed E-state index contributed by atoms with van der Waals surface area (Å²) in [6.45, 7) is 2.51. The molecule has 2 aliphatic rings. The maximum Gasteiger partial charge on any atom is 0.303 e. The molecule has 35 heavy (non-hydrogen) atoms. The quantitative estimate of drug-likeness (QED) is 0.528. The Kier molecular flexibility index (Phi) is 8.55. The van der Waals surface area contributed by atoms with Crippen molar-refractivity contribution >= 4 is 17.7 Å². The Labute approximate surface area is 207 Å². The molecule has 0 radical (unpaired) electrons. The minimum Gasteiger partial charge on any atom is -0.481 e. The molecule has 2 N–H and O–H groups in total. The van der Waals surface area contributed by atoms with E-state index in [1.54, 1.807) is 19.4 Å². The third-order valence-electron chi connectivity index (χ3n) is 7.30. The predicted octanol–water partition coefficient (Wildman–Crippen LogP) is 4.05. The number of likely N-dealkylation sites (tertiary alicyclic amines) is 1. The van der Waals surface area contributed by atoms with Gasteiger partial charge < -0.3 is 20.1 Å². The first-order chi connectivity index (χ1) is 17.0. The number of aromatic nitrogens is 2. The van der Waals surface area contributed by atoms with Gasteiger partial charge in [-0.05, 0) is 74.0 Å². The lowest BCUT2D eigenvalue weighted by molar-refractivity contribution is -0.137. The number of aliphatic carboxylic acids is 1. The Morgan fingerprint density at radius 1 is 1.23 bits per heavy atom. The van der Waals surface area contributed by atoms with Crippen molar-refractivity contribution in [2.24, 2.45) is 5.92 Å². The van der Waals surface area contributed by atoms with E-state index in [4.69, 9.17) is 9.72 Å². The Morgan fingerprint density at radius 3 is 2.77 bits per heavy atom. The molecule has 8 nitrogen and oxygen atoms in total. The number of methoxy groups -OCH3 is 1. The zero-order valence-electron chi connectivity index (χ0n) is 20.5. The van der Waals surface area contributed by atoms with Crippen molar-refractivity contribution in [3.8, 4) is 5.88 Å². The van der Waals surface area contributed by atoms with Gasteiger partial charge in [0.05, 0.1) is 13.5 Å². The number of piperidine rings is 1. The fraction of sp³-hybridized carbons (Fsp3) is 0.556. The largest absolute Gasteiger partial charge is 0.481 e. The molecule has 1 saturated heterocycles. The molecule has 0 bridgehead atoms. The molecule has 188 valence electrons. The second kappa shape index (κ2) is 12.0. The van der Waals surface area contributed by atoms with E-state index in [0.717, 1.165) is 75.2 Å². The maximum atomic E-state index is 12.8. The molecule has 4 heterocycles. The number of aryl methyl sites for hydroxylation is 2. The van der Waals surface area contributed by atoms with Crippen LogP contribution in [0.3, 0.4) is 0 Å². The van der Waals surface area contributed by atoms with E-state index in [9.17, 15) is 14.7 Å². The normalized spacial score (nSPS) is 16.8. The minimum absolute atomic E-state index is 0.0656. The first-order valence-electron chi connectivity index (χ1n) is 12.7. The molecule has 0 unspecified atom stereocenters. The number of nitrogens with one attached hydrogen (secondary N) is 1. The van der Waals surface area contributed by atoms with E-state index < -0.39 is 5.97 Å². The first-order valence-corrected chi connectivity index (χ1v) is 12.7. The summed E-state index contributed by atoms with van der Waals surface area (Å²) in [5.74, 6) is 1.35. The molecular weight excluding hydrogens is 444 g/mol. The number of amides is 1. The number of carboxylic acid groups (broad SMARTS) is 1. The third kappa shape index (κ3) is 6.93. The highest BCUT2D eigenvalue weighted by atomic mass is 16.5. The Morgan fingerprint density at radius 2 is 2.06 bits per heavy atom. The molecule has 4 rings (SSSR count). The van der Waals surface area contributed by atoms with Crippen molar-refractivity contribution in [3.05, 3.63) is 47.3 Å². The highest BCUT2D eigenvalue weighted by Crippen LogP contribution is 2.31. The lowest BCUT2D eigenvalue weighted by Gasteiger charge is -2.32. The standard InChI is InChI=1S/C27H36N4O4/c1-35-24-10-7-22(18-29-24)21(17-26(33)34)5-4-19-12-15-31(16-13-19)25(32)11-9-23-8-6-20-3-2-14-28-27(20)30-23/h6-8,10,18-19,21H,2-5,9,11-17H2,1H3,(H,28,30)(H,33,34)/t21-/m0/s1. The van der Waals surface area contributed by atoms with Gasteiger partial charge in [-0.2, -0.15) is 0 Å². The number of ether oxygens (including phenoxy) is 1. The molecule has 0 aliphatic carbocycles. The number of nitrogens with zero attached hydrogens (tertiary/aromatic N) is 3. The van der Waals surface area contributed by atoms with Gasteiger partial charge in [0, 0.05) is 44.0 Å². The van der Waals surface area contributed by atoms with Crippen molar-refractivity contribution in [3.63, 3.8) is 0 Å². The second-order valence-corrected chi connectivity index (χ2v) is 9.67. The Balaban J connectivity index is 1.22. The summed E-state index contributed by atoms with van der Waals surface area (Å²) in [6.07, 6.45) is 8.87. The lowest BCUT2D eigenvalue weighted by Crippen LogP contribution is -2.38. The third-order valence-corrected chi connectivity index (χ3v) is 7.30. The molecular formula is C27H36N4O4. The summed E-state index contributed by atoms with van der Waals surface area (Å²) in [6, 6.07) is 7.88. The van der Waals surface area contributed by atoms with E-state index in [1.807, 2.05) is 11.0 Å². The highest BCUT2D eigenvalue weighted by molar-refractivity contribution is 5.76. The Hall–Kier alpha value is -3.16. The fourth-order valence-electron chi connectivity index (χ4n) is 5.16. The Bertz CT molecular complexity index is 1000. The lowest BCUT2D eigenvalue weighted by atomic mass is 9.85. The van der Waals surface area contributed by atoms with Crippen LogP contribution in [0.15, 0.2) is 30.5 Å². The van der Waals surface area contributed by atoms with Crippen LogP contribution in [0.1, 0.15) is 67.7 Å². The zero-order valence-corrected chi connectivity index (χ0v) is 20.5. The molecule has 2 aromatic rings. The van der Waals surface area contributed by atoms with Gasteiger partial charge in [-0.1, -0.05) is 12.1 Å². The zero-order chi connectivity index (χ0) is 24.6. The summed E-state index contributed by atoms with van der Waals surface area (Å²) >= 11 is 0. The van der Waals surface area contributed by atoms with Crippen LogP contribution in [0.4, 0.5) is 5.82 Å². The summed E-state index contributed by atoms with van der Waals surface area (Å²) in [5.41, 5.74) is 3.17. The summed E-state index contributed by atoms with van der Waals surface area (Å²) in [4.78, 5) is 35.1. The highest BCUT2D eigenvalue weighted by Gasteiger charge is 2.25. The number of rotatable bonds is 10. The average Bonchev–Trinajstić information content (AvgIpc) is 2.89. The average molecular weight is 481 g/mol. The minimum atomic E-state index is -0.796. The molecule has 2 aliphatic heterocycles. The van der Waals surface area contributed by atoms with E-state index >= 15 is 0 Å². The number of carboxylic acids is 1. The van der Waals surface area contributed by atoms with Gasteiger partial charge in [0.2, 0.25) is 11.8 Å².